The number of ether oxygens (including phenoxy) is 2. The van der Waals surface area contributed by atoms with Gasteiger partial charge in [0.2, 0.25) is 5.91 Å². The minimum Gasteiger partial charge on any atom is -0.493 e. The highest BCUT2D eigenvalue weighted by molar-refractivity contribution is 5.76. The van der Waals surface area contributed by atoms with E-state index in [9.17, 15) is 9.18 Å². The van der Waals surface area contributed by atoms with Gasteiger partial charge in [-0.1, -0.05) is 84.9 Å². The van der Waals surface area contributed by atoms with E-state index < -0.39 is 0 Å². The van der Waals surface area contributed by atoms with Gasteiger partial charge in [0.25, 0.3) is 0 Å². The Morgan fingerprint density at radius 3 is 2.08 bits per heavy atom. The Balaban J connectivity index is 1.21. The van der Waals surface area contributed by atoms with Crippen LogP contribution in [0.5, 0.6) is 11.5 Å². The molecule has 0 bridgehead atoms. The van der Waals surface area contributed by atoms with Gasteiger partial charge < -0.3 is 20.5 Å². The van der Waals surface area contributed by atoms with E-state index in [0.29, 0.717) is 19.4 Å². The van der Waals surface area contributed by atoms with Gasteiger partial charge in [-0.15, -0.1) is 0 Å². The summed E-state index contributed by atoms with van der Waals surface area (Å²) in [4.78, 5) is 15.4. The van der Waals surface area contributed by atoms with Crippen molar-refractivity contribution < 1.29 is 18.7 Å². The van der Waals surface area contributed by atoms with Gasteiger partial charge in [0.05, 0.1) is 20.3 Å². The largest absolute Gasteiger partial charge is 0.493 e. The van der Waals surface area contributed by atoms with Crippen molar-refractivity contribution in [1.29, 1.82) is 0 Å². The number of amides is 1. The molecule has 0 saturated carbocycles. The van der Waals surface area contributed by atoms with Crippen LogP contribution < -0.4 is 20.5 Å². The number of methoxy groups -OCH3 is 2. The van der Waals surface area contributed by atoms with Crippen LogP contribution in [0.15, 0.2) is 121 Å². The smallest absolute Gasteiger partial charge is 0.220 e. The fraction of sp³-hybridized carbons (Fsp3) is 0.311. The number of nitrogen functional groups attached to an aromatic ring is 1. The molecular formula is C45H50FN3O3. The van der Waals surface area contributed by atoms with Gasteiger partial charge in [0.15, 0.2) is 11.5 Å². The molecule has 0 aliphatic carbocycles. The molecule has 0 aromatic heterocycles. The quantitative estimate of drug-likeness (QED) is 0.0797. The van der Waals surface area contributed by atoms with Crippen LogP contribution in [0.2, 0.25) is 0 Å². The summed E-state index contributed by atoms with van der Waals surface area (Å²) in [6, 6.07) is 40.6. The van der Waals surface area contributed by atoms with E-state index in [0.717, 1.165) is 67.9 Å². The van der Waals surface area contributed by atoms with Crippen molar-refractivity contribution >= 4 is 11.6 Å². The van der Waals surface area contributed by atoms with Gasteiger partial charge in [-0.3, -0.25) is 9.69 Å². The van der Waals surface area contributed by atoms with Crippen molar-refractivity contribution in [2.75, 3.05) is 39.6 Å². The Morgan fingerprint density at radius 1 is 0.827 bits per heavy atom. The third kappa shape index (κ3) is 8.65. The summed E-state index contributed by atoms with van der Waals surface area (Å²) in [5.74, 6) is 1.24. The second-order valence-corrected chi connectivity index (χ2v) is 13.8. The average Bonchev–Trinajstić information content (AvgIpc) is 3.19. The number of carbonyl (C=O) groups excluding carboxylic acids is 1. The molecule has 1 aliphatic heterocycles. The zero-order valence-electron chi connectivity index (χ0n) is 30.3. The third-order valence-corrected chi connectivity index (χ3v) is 10.6. The van der Waals surface area contributed by atoms with Gasteiger partial charge in [-0.05, 0) is 115 Å². The number of halogens is 1. The number of carbonyl (C=O) groups is 1. The Labute approximate surface area is 307 Å². The number of hydrogen-bond donors (Lipinski definition) is 2. The van der Waals surface area contributed by atoms with Crippen molar-refractivity contribution in [3.8, 4) is 11.5 Å². The molecule has 1 unspecified atom stereocenters. The van der Waals surface area contributed by atoms with Crippen LogP contribution in [-0.2, 0) is 23.1 Å². The number of nitrogens with two attached hydrogens (primary N) is 1. The Bertz CT molecular complexity index is 1840. The average molecular weight is 700 g/mol. The molecule has 270 valence electrons. The number of anilines is 1. The Hall–Kier alpha value is -5.14. The van der Waals surface area contributed by atoms with E-state index in [1.54, 1.807) is 26.4 Å². The van der Waals surface area contributed by atoms with Crippen LogP contribution >= 0.6 is 0 Å². The lowest BCUT2D eigenvalue weighted by Gasteiger charge is -2.40. The number of nitrogens with zero attached hydrogens (tertiary/aromatic N) is 1. The van der Waals surface area contributed by atoms with Gasteiger partial charge in [-0.25, -0.2) is 4.39 Å². The van der Waals surface area contributed by atoms with Crippen LogP contribution in [0.1, 0.15) is 71.5 Å². The molecule has 5 aromatic rings. The minimum atomic E-state index is -0.266. The molecule has 0 saturated heterocycles. The second-order valence-electron chi connectivity index (χ2n) is 13.8. The topological polar surface area (TPSA) is 76.8 Å². The number of rotatable bonds is 16. The summed E-state index contributed by atoms with van der Waals surface area (Å²) in [6.45, 7) is 2.42. The molecule has 6 rings (SSSR count). The van der Waals surface area contributed by atoms with Crippen LogP contribution in [0.25, 0.3) is 0 Å². The summed E-state index contributed by atoms with van der Waals surface area (Å²) in [5, 5.41) is 3.15. The summed E-state index contributed by atoms with van der Waals surface area (Å²) in [7, 11) is 3.38. The first kappa shape index (κ1) is 36.6. The molecule has 3 N–H and O–H groups in total. The van der Waals surface area contributed by atoms with E-state index in [1.807, 2.05) is 12.1 Å². The van der Waals surface area contributed by atoms with E-state index in [2.05, 4.69) is 95.1 Å². The highest BCUT2D eigenvalue weighted by Gasteiger charge is 2.35. The van der Waals surface area contributed by atoms with Gasteiger partial charge >= 0.3 is 0 Å². The molecule has 0 radical (unpaired) electrons. The van der Waals surface area contributed by atoms with Gasteiger partial charge in [0, 0.05) is 30.6 Å². The second kappa shape index (κ2) is 17.4. The summed E-state index contributed by atoms with van der Waals surface area (Å²) in [5.41, 5.74) is 13.9. The minimum absolute atomic E-state index is 0.0164. The maximum atomic E-state index is 13.3. The fourth-order valence-corrected chi connectivity index (χ4v) is 7.89. The maximum absolute atomic E-state index is 13.3. The van der Waals surface area contributed by atoms with E-state index >= 15 is 0 Å². The molecule has 0 fully saturated rings. The van der Waals surface area contributed by atoms with Crippen LogP contribution in [0.4, 0.5) is 10.1 Å². The number of fused-ring (bicyclic) bond motifs is 1. The molecular weight excluding hydrogens is 650 g/mol. The van der Waals surface area contributed by atoms with Crippen LogP contribution in [-0.4, -0.2) is 44.7 Å². The van der Waals surface area contributed by atoms with Gasteiger partial charge in [0.1, 0.15) is 5.82 Å². The number of nitrogens with one attached hydrogen (secondary N) is 1. The Kier molecular flexibility index (Phi) is 12.3. The molecule has 1 atom stereocenters. The first-order valence-corrected chi connectivity index (χ1v) is 18.4. The highest BCUT2D eigenvalue weighted by Crippen LogP contribution is 2.44. The molecule has 1 heterocycles. The molecule has 7 heteroatoms. The molecule has 1 aliphatic rings. The lowest BCUT2D eigenvalue weighted by molar-refractivity contribution is -0.121. The first-order valence-electron chi connectivity index (χ1n) is 18.4. The molecule has 52 heavy (non-hydrogen) atoms. The van der Waals surface area contributed by atoms with Crippen LogP contribution in [0.3, 0.4) is 0 Å². The van der Waals surface area contributed by atoms with Crippen molar-refractivity contribution in [3.63, 3.8) is 0 Å². The lowest BCUT2D eigenvalue weighted by atomic mass is 9.68. The van der Waals surface area contributed by atoms with Crippen molar-refractivity contribution in [2.45, 2.75) is 56.4 Å². The number of aryl methyl sites for hydroxylation is 1. The van der Waals surface area contributed by atoms with Gasteiger partial charge in [-0.2, -0.15) is 0 Å². The Morgan fingerprint density at radius 2 is 1.44 bits per heavy atom. The van der Waals surface area contributed by atoms with Crippen molar-refractivity contribution in [1.82, 2.24) is 10.2 Å². The molecule has 5 aromatic carbocycles. The highest BCUT2D eigenvalue weighted by atomic mass is 19.1. The molecule has 1 amide bonds. The van der Waals surface area contributed by atoms with Crippen LogP contribution in [0, 0.1) is 5.82 Å². The fourth-order valence-electron chi connectivity index (χ4n) is 7.89. The first-order chi connectivity index (χ1) is 25.4. The summed E-state index contributed by atoms with van der Waals surface area (Å²) in [6.07, 6.45) is 5.53. The lowest BCUT2D eigenvalue weighted by Crippen LogP contribution is -2.38. The van der Waals surface area contributed by atoms with Crippen molar-refractivity contribution in [3.05, 3.63) is 161 Å². The van der Waals surface area contributed by atoms with Crippen molar-refractivity contribution in [2.24, 2.45) is 0 Å². The van der Waals surface area contributed by atoms with E-state index in [-0.39, 0.29) is 23.2 Å². The monoisotopic (exact) mass is 699 g/mol. The maximum Gasteiger partial charge on any atom is 0.220 e. The predicted molar refractivity (Wildman–Crippen MR) is 207 cm³/mol. The number of benzene rings is 5. The third-order valence-electron chi connectivity index (χ3n) is 10.6. The SMILES string of the molecule is COc1cc2c(cc1OC)C(c1ccc(N)cc1)N(CCCC(CCCNC(=O)CCc1ccc(F)cc1)(c1ccccc1)c1ccccc1)CC2. The summed E-state index contributed by atoms with van der Waals surface area (Å²) >= 11 is 0. The summed E-state index contributed by atoms with van der Waals surface area (Å²) < 4.78 is 24.7. The van der Waals surface area contributed by atoms with E-state index in [1.165, 1.54) is 39.9 Å². The normalized spacial score (nSPS) is 14.4. The molecule has 6 nitrogen and oxygen atoms in total. The zero-order chi connectivity index (χ0) is 36.3. The zero-order valence-corrected chi connectivity index (χ0v) is 30.3. The number of hydrogen-bond acceptors (Lipinski definition) is 5. The molecule has 0 spiro atoms. The predicted octanol–water partition coefficient (Wildman–Crippen LogP) is 8.67. The standard InChI is InChI=1S/C45H50FN3O3/c1-51-41-31-35-25-30-49(44(40(35)32-42(41)52-2)34-18-22-39(47)23-19-34)29-10-27-45(36-11-5-3-6-12-36,37-13-7-4-8-14-37)26-9-28-48-43(50)24-17-33-15-20-38(46)21-16-33/h3-8,11-16,18-23,31-32,44H,9-10,17,24-30,47H2,1-2H3,(H,48,50). The van der Waals surface area contributed by atoms with E-state index in [4.69, 9.17) is 15.2 Å².